The van der Waals surface area contributed by atoms with Crippen LogP contribution in [-0.2, 0) is 13.6 Å². The van der Waals surface area contributed by atoms with E-state index in [0.717, 1.165) is 5.56 Å². The average Bonchev–Trinajstić information content (AvgIpc) is 2.83. The molecular formula is C9H10N4O2S. The fraction of sp³-hybridized carbons (Fsp3) is 0.222. The highest BCUT2D eigenvalue weighted by Crippen LogP contribution is 2.22. The zero-order valence-electron chi connectivity index (χ0n) is 8.58. The summed E-state index contributed by atoms with van der Waals surface area (Å²) in [7, 11) is 1.66. The highest BCUT2D eigenvalue weighted by atomic mass is 32.1. The number of nitro groups is 1. The van der Waals surface area contributed by atoms with Crippen LogP contribution >= 0.6 is 11.3 Å². The van der Waals surface area contributed by atoms with Gasteiger partial charge in [-0.2, -0.15) is 11.3 Å². The SMILES string of the molecule is Cn1cc([N+](=O)[O-])c(NCc2ccsc2)n1. The number of aryl methyl sites for hydroxylation is 1. The Morgan fingerprint density at radius 3 is 3.12 bits per heavy atom. The van der Waals surface area contributed by atoms with Gasteiger partial charge in [0.15, 0.2) is 0 Å². The Kier molecular flexibility index (Phi) is 2.86. The Bertz CT molecular complexity index is 492. The summed E-state index contributed by atoms with van der Waals surface area (Å²) in [5, 5.41) is 21.6. The van der Waals surface area contributed by atoms with E-state index in [9.17, 15) is 10.1 Å². The number of nitrogens with one attached hydrogen (secondary N) is 1. The Labute approximate surface area is 95.7 Å². The maximum Gasteiger partial charge on any atom is 0.330 e. The minimum atomic E-state index is -0.442. The van der Waals surface area contributed by atoms with Crippen molar-refractivity contribution in [2.75, 3.05) is 5.32 Å². The van der Waals surface area contributed by atoms with E-state index < -0.39 is 4.92 Å². The summed E-state index contributed by atoms with van der Waals surface area (Å²) in [6.45, 7) is 0.543. The van der Waals surface area contributed by atoms with Gasteiger partial charge >= 0.3 is 5.69 Å². The van der Waals surface area contributed by atoms with Gasteiger partial charge in [-0.1, -0.05) is 0 Å². The van der Waals surface area contributed by atoms with Gasteiger partial charge in [0, 0.05) is 13.6 Å². The lowest BCUT2D eigenvalue weighted by molar-refractivity contribution is -0.384. The molecular weight excluding hydrogens is 228 g/mol. The van der Waals surface area contributed by atoms with Crippen LogP contribution in [0.15, 0.2) is 23.0 Å². The first-order valence-corrected chi connectivity index (χ1v) is 5.54. The van der Waals surface area contributed by atoms with E-state index in [1.165, 1.54) is 10.9 Å². The molecule has 2 heterocycles. The molecule has 0 atom stereocenters. The van der Waals surface area contributed by atoms with Gasteiger partial charge in [0.25, 0.3) is 0 Å². The van der Waals surface area contributed by atoms with E-state index in [2.05, 4.69) is 10.4 Å². The Morgan fingerprint density at radius 2 is 2.50 bits per heavy atom. The first-order chi connectivity index (χ1) is 7.66. The lowest BCUT2D eigenvalue weighted by Crippen LogP contribution is -2.01. The van der Waals surface area contributed by atoms with Crippen molar-refractivity contribution in [2.24, 2.45) is 7.05 Å². The second-order valence-corrected chi connectivity index (χ2v) is 4.06. The molecule has 2 aromatic rings. The molecule has 0 bridgehead atoms. The van der Waals surface area contributed by atoms with Crippen LogP contribution in [0.1, 0.15) is 5.56 Å². The van der Waals surface area contributed by atoms with E-state index >= 15 is 0 Å². The molecule has 0 saturated heterocycles. The van der Waals surface area contributed by atoms with Crippen LogP contribution in [-0.4, -0.2) is 14.7 Å². The maximum atomic E-state index is 10.7. The van der Waals surface area contributed by atoms with Crippen LogP contribution in [0.3, 0.4) is 0 Å². The van der Waals surface area contributed by atoms with Crippen molar-refractivity contribution in [2.45, 2.75) is 6.54 Å². The molecule has 0 amide bonds. The smallest absolute Gasteiger partial charge is 0.330 e. The van der Waals surface area contributed by atoms with Crippen molar-refractivity contribution in [3.63, 3.8) is 0 Å². The molecule has 0 aliphatic heterocycles. The summed E-state index contributed by atoms with van der Waals surface area (Å²) >= 11 is 1.59. The number of rotatable bonds is 4. The van der Waals surface area contributed by atoms with Crippen molar-refractivity contribution >= 4 is 22.8 Å². The van der Waals surface area contributed by atoms with Crippen molar-refractivity contribution in [3.8, 4) is 0 Å². The molecule has 0 fully saturated rings. The van der Waals surface area contributed by atoms with Gasteiger partial charge in [0.1, 0.15) is 6.20 Å². The highest BCUT2D eigenvalue weighted by molar-refractivity contribution is 7.07. The van der Waals surface area contributed by atoms with Gasteiger partial charge < -0.3 is 5.32 Å². The summed E-state index contributed by atoms with van der Waals surface area (Å²) in [6.07, 6.45) is 1.38. The van der Waals surface area contributed by atoms with Gasteiger partial charge in [0.05, 0.1) is 4.92 Å². The topological polar surface area (TPSA) is 73.0 Å². The number of hydrogen-bond acceptors (Lipinski definition) is 5. The second kappa shape index (κ2) is 4.31. The summed E-state index contributed by atoms with van der Waals surface area (Å²) in [4.78, 5) is 10.3. The van der Waals surface area contributed by atoms with Gasteiger partial charge in [-0.25, -0.2) is 0 Å². The van der Waals surface area contributed by atoms with Crippen LogP contribution in [0, 0.1) is 10.1 Å². The molecule has 0 radical (unpaired) electrons. The van der Waals surface area contributed by atoms with Crippen molar-refractivity contribution in [3.05, 3.63) is 38.7 Å². The Balaban J connectivity index is 2.12. The predicted molar refractivity (Wildman–Crippen MR) is 61.5 cm³/mol. The summed E-state index contributed by atoms with van der Waals surface area (Å²) in [5.74, 6) is 0.304. The van der Waals surface area contributed by atoms with Crippen LogP contribution in [0.2, 0.25) is 0 Å². The van der Waals surface area contributed by atoms with E-state index in [4.69, 9.17) is 0 Å². The predicted octanol–water partition coefficient (Wildman–Crippen LogP) is 2.00. The zero-order chi connectivity index (χ0) is 11.5. The van der Waals surface area contributed by atoms with Crippen molar-refractivity contribution < 1.29 is 4.92 Å². The maximum absolute atomic E-state index is 10.7. The van der Waals surface area contributed by atoms with Gasteiger partial charge in [-0.05, 0) is 22.4 Å². The Hall–Kier alpha value is -1.89. The standard InChI is InChI=1S/C9H10N4O2S/c1-12-5-8(13(14)15)9(11-12)10-4-7-2-3-16-6-7/h2-3,5-6H,4H2,1H3,(H,10,11). The largest absolute Gasteiger partial charge is 0.359 e. The molecule has 2 aromatic heterocycles. The molecule has 0 unspecified atom stereocenters. The van der Waals surface area contributed by atoms with Gasteiger partial charge in [0.2, 0.25) is 5.82 Å². The lowest BCUT2D eigenvalue weighted by Gasteiger charge is -1.99. The molecule has 0 aliphatic rings. The summed E-state index contributed by atoms with van der Waals surface area (Å²) in [5.41, 5.74) is 1.09. The fourth-order valence-corrected chi connectivity index (χ4v) is 1.98. The second-order valence-electron chi connectivity index (χ2n) is 3.28. The van der Waals surface area contributed by atoms with Crippen molar-refractivity contribution in [1.82, 2.24) is 9.78 Å². The first-order valence-electron chi connectivity index (χ1n) is 4.60. The molecule has 84 valence electrons. The summed E-state index contributed by atoms with van der Waals surface area (Å²) < 4.78 is 1.42. The van der Waals surface area contributed by atoms with Crippen LogP contribution in [0.25, 0.3) is 0 Å². The van der Waals surface area contributed by atoms with Crippen LogP contribution in [0.5, 0.6) is 0 Å². The van der Waals surface area contributed by atoms with Crippen LogP contribution < -0.4 is 5.32 Å². The highest BCUT2D eigenvalue weighted by Gasteiger charge is 2.17. The van der Waals surface area contributed by atoms with Crippen LogP contribution in [0.4, 0.5) is 11.5 Å². The quantitative estimate of drug-likeness (QED) is 0.653. The minimum absolute atomic E-state index is 0.00210. The molecule has 0 spiro atoms. The normalized spacial score (nSPS) is 10.3. The van der Waals surface area contributed by atoms with E-state index in [1.54, 1.807) is 18.4 Å². The zero-order valence-corrected chi connectivity index (χ0v) is 9.40. The van der Waals surface area contributed by atoms with Gasteiger partial charge in [-0.3, -0.25) is 14.8 Å². The Morgan fingerprint density at radius 1 is 1.69 bits per heavy atom. The molecule has 2 rings (SSSR count). The van der Waals surface area contributed by atoms with E-state index in [0.29, 0.717) is 12.4 Å². The monoisotopic (exact) mass is 238 g/mol. The third-order valence-corrected chi connectivity index (χ3v) is 2.78. The summed E-state index contributed by atoms with van der Waals surface area (Å²) in [6, 6.07) is 1.96. The third-order valence-electron chi connectivity index (χ3n) is 2.05. The molecule has 0 aliphatic carbocycles. The molecule has 0 aromatic carbocycles. The van der Waals surface area contributed by atoms with Gasteiger partial charge in [-0.15, -0.1) is 5.10 Å². The number of thiophene rings is 1. The molecule has 16 heavy (non-hydrogen) atoms. The minimum Gasteiger partial charge on any atom is -0.359 e. The molecule has 7 heteroatoms. The number of nitrogens with zero attached hydrogens (tertiary/aromatic N) is 3. The fourth-order valence-electron chi connectivity index (χ4n) is 1.31. The number of anilines is 1. The third kappa shape index (κ3) is 2.19. The number of hydrogen-bond donors (Lipinski definition) is 1. The lowest BCUT2D eigenvalue weighted by atomic mass is 10.3. The molecule has 1 N–H and O–H groups in total. The van der Waals surface area contributed by atoms with Crippen molar-refractivity contribution in [1.29, 1.82) is 0 Å². The van der Waals surface area contributed by atoms with E-state index in [-0.39, 0.29) is 5.69 Å². The average molecular weight is 238 g/mol. The molecule has 0 saturated carbocycles. The molecule has 6 nitrogen and oxygen atoms in total. The first kappa shape index (κ1) is 10.6. The number of aromatic nitrogens is 2. The van der Waals surface area contributed by atoms with E-state index in [1.807, 2.05) is 16.8 Å².